The number of hydrogen-bond acceptors (Lipinski definition) is 11. The van der Waals surface area contributed by atoms with E-state index in [9.17, 15) is 8.42 Å². The van der Waals surface area contributed by atoms with Crippen LogP contribution in [0.25, 0.3) is 11.2 Å². The van der Waals surface area contributed by atoms with Crippen LogP contribution >= 0.6 is 11.6 Å². The second-order valence-corrected chi connectivity index (χ2v) is 10.6. The van der Waals surface area contributed by atoms with E-state index in [2.05, 4.69) is 40.4 Å². The monoisotopic (exact) mass is 498 g/mol. The topological polar surface area (TPSA) is 125 Å². The van der Waals surface area contributed by atoms with Crippen molar-refractivity contribution < 1.29 is 13.2 Å². The van der Waals surface area contributed by atoms with Gasteiger partial charge >= 0.3 is 0 Å². The van der Waals surface area contributed by atoms with Crippen molar-refractivity contribution in [3.8, 4) is 0 Å². The number of halogens is 1. The van der Waals surface area contributed by atoms with Gasteiger partial charge in [-0.3, -0.25) is 4.90 Å². The molecule has 0 amide bonds. The number of nitrogens with zero attached hydrogens (tertiary/aromatic N) is 6. The normalized spacial score (nSPS) is 18.5. The van der Waals surface area contributed by atoms with Gasteiger partial charge in [0.25, 0.3) is 5.16 Å². The van der Waals surface area contributed by atoms with Gasteiger partial charge < -0.3 is 20.3 Å². The highest BCUT2D eigenvalue weighted by Gasteiger charge is 2.20. The van der Waals surface area contributed by atoms with Crippen LogP contribution in [0, 0.1) is 0 Å². The highest BCUT2D eigenvalue weighted by atomic mass is 35.5. The average molecular weight is 499 g/mol. The predicted molar refractivity (Wildman–Crippen MR) is 128 cm³/mol. The molecule has 4 heterocycles. The minimum absolute atomic E-state index is 0.184. The summed E-state index contributed by atoms with van der Waals surface area (Å²) in [6.45, 7) is 8.25. The third kappa shape index (κ3) is 6.60. The molecule has 0 saturated carbocycles. The number of fused-ring (bicyclic) bond motifs is 1. The zero-order valence-electron chi connectivity index (χ0n) is 18.9. The molecule has 2 fully saturated rings. The fraction of sp³-hybridized carbons (Fsp3) is 0.700. The van der Waals surface area contributed by atoms with E-state index in [1.807, 2.05) is 0 Å². The molecule has 2 aromatic heterocycles. The lowest BCUT2D eigenvalue weighted by Crippen LogP contribution is -2.39. The molecule has 2 aliphatic heterocycles. The number of piperidine rings is 1. The zero-order chi connectivity index (χ0) is 23.3. The van der Waals surface area contributed by atoms with Crippen LogP contribution in [0.4, 0.5) is 11.6 Å². The lowest BCUT2D eigenvalue weighted by Gasteiger charge is -2.26. The first kappa shape index (κ1) is 24.3. The fourth-order valence-corrected chi connectivity index (χ4v) is 4.68. The predicted octanol–water partition coefficient (Wildman–Crippen LogP) is 1.12. The number of nitrogens with one attached hydrogen (secondary N) is 2. The molecule has 0 aliphatic carbocycles. The molecule has 4 rings (SSSR count). The smallest absolute Gasteiger partial charge is 0.250 e. The van der Waals surface area contributed by atoms with Gasteiger partial charge in [0.15, 0.2) is 28.0 Å². The molecule has 2 N–H and O–H groups in total. The second-order valence-electron chi connectivity index (χ2n) is 8.37. The van der Waals surface area contributed by atoms with E-state index < -0.39 is 9.84 Å². The van der Waals surface area contributed by atoms with E-state index in [4.69, 9.17) is 16.3 Å². The summed E-state index contributed by atoms with van der Waals surface area (Å²) in [5.74, 6) is 0.696. The van der Waals surface area contributed by atoms with Gasteiger partial charge in [0.1, 0.15) is 0 Å². The lowest BCUT2D eigenvalue weighted by atomic mass is 10.1. The highest BCUT2D eigenvalue weighted by molar-refractivity contribution is 7.90. The van der Waals surface area contributed by atoms with Gasteiger partial charge in [-0.1, -0.05) is 18.0 Å². The molecule has 13 heteroatoms. The van der Waals surface area contributed by atoms with Crippen LogP contribution in [-0.2, 0) is 14.6 Å². The average Bonchev–Trinajstić information content (AvgIpc) is 2.80. The maximum absolute atomic E-state index is 12.2. The largest absolute Gasteiger partial charge is 0.379 e. The van der Waals surface area contributed by atoms with Gasteiger partial charge in [0.2, 0.25) is 9.84 Å². The fourth-order valence-electron chi connectivity index (χ4n) is 3.98. The SMILES string of the molecule is CS(=O)(=O)c1nc(NCCN2CCCCC2)c2nc(Cl)c(NCCN3CCOCC3)nc2n1. The molecule has 33 heavy (non-hydrogen) atoms. The van der Waals surface area contributed by atoms with Gasteiger partial charge in [-0.25, -0.2) is 18.4 Å². The van der Waals surface area contributed by atoms with Crippen LogP contribution in [0.15, 0.2) is 5.16 Å². The van der Waals surface area contributed by atoms with Crippen LogP contribution in [-0.4, -0.2) is 110 Å². The van der Waals surface area contributed by atoms with Gasteiger partial charge in [-0.15, -0.1) is 0 Å². The molecule has 182 valence electrons. The molecule has 0 aromatic carbocycles. The summed E-state index contributed by atoms with van der Waals surface area (Å²) in [6, 6.07) is 0. The zero-order valence-corrected chi connectivity index (χ0v) is 20.5. The number of morpholine rings is 1. The van der Waals surface area contributed by atoms with Crippen molar-refractivity contribution in [3.05, 3.63) is 5.15 Å². The minimum atomic E-state index is -3.63. The molecule has 11 nitrogen and oxygen atoms in total. The third-order valence-electron chi connectivity index (χ3n) is 5.79. The molecule has 0 bridgehead atoms. The summed E-state index contributed by atoms with van der Waals surface area (Å²) >= 11 is 6.40. The molecule has 0 spiro atoms. The summed E-state index contributed by atoms with van der Waals surface area (Å²) in [4.78, 5) is 22.0. The third-order valence-corrected chi connectivity index (χ3v) is 6.90. The number of sulfone groups is 1. The van der Waals surface area contributed by atoms with E-state index in [-0.39, 0.29) is 16.0 Å². The Hall–Kier alpha value is -1.86. The summed E-state index contributed by atoms with van der Waals surface area (Å²) in [5, 5.41) is 6.32. The summed E-state index contributed by atoms with van der Waals surface area (Å²) in [6.07, 6.45) is 4.76. The van der Waals surface area contributed by atoms with Crippen molar-refractivity contribution in [1.29, 1.82) is 0 Å². The van der Waals surface area contributed by atoms with Crippen molar-refractivity contribution in [2.45, 2.75) is 24.4 Å². The Morgan fingerprint density at radius 3 is 2.18 bits per heavy atom. The Kier molecular flexibility index (Phi) is 8.12. The Morgan fingerprint density at radius 1 is 0.879 bits per heavy atom. The molecule has 0 unspecified atom stereocenters. The number of rotatable bonds is 9. The maximum atomic E-state index is 12.2. The quantitative estimate of drug-likeness (QED) is 0.483. The number of likely N-dealkylation sites (tertiary alicyclic amines) is 1. The summed E-state index contributed by atoms with van der Waals surface area (Å²) < 4.78 is 29.7. The molecular formula is C20H31ClN8O3S. The lowest BCUT2D eigenvalue weighted by molar-refractivity contribution is 0.0398. The van der Waals surface area contributed by atoms with Crippen molar-refractivity contribution in [2.24, 2.45) is 0 Å². The van der Waals surface area contributed by atoms with Crippen molar-refractivity contribution in [1.82, 2.24) is 29.7 Å². The van der Waals surface area contributed by atoms with Crippen LogP contribution in [0.3, 0.4) is 0 Å². The van der Waals surface area contributed by atoms with E-state index >= 15 is 0 Å². The van der Waals surface area contributed by atoms with Crippen LogP contribution in [0.2, 0.25) is 5.15 Å². The van der Waals surface area contributed by atoms with Crippen LogP contribution < -0.4 is 10.6 Å². The second kappa shape index (κ2) is 11.0. The standard InChI is InChI=1S/C20H31ClN8O3S/c1-33(30,31)20-26-17(22-5-9-28-7-3-2-4-8-28)15-18(27-20)25-19(16(21)24-15)23-6-10-29-11-13-32-14-12-29/h2-14H2,1H3,(H2,22,23,25,26,27). The van der Waals surface area contributed by atoms with Crippen LogP contribution in [0.1, 0.15) is 19.3 Å². The maximum Gasteiger partial charge on any atom is 0.250 e. The Balaban J connectivity index is 1.51. The first-order valence-electron chi connectivity index (χ1n) is 11.4. The van der Waals surface area contributed by atoms with E-state index in [0.717, 1.165) is 58.7 Å². The first-order chi connectivity index (χ1) is 15.9. The molecule has 2 aromatic rings. The molecule has 2 aliphatic rings. The minimum Gasteiger partial charge on any atom is -0.379 e. The molecular weight excluding hydrogens is 468 g/mol. The van der Waals surface area contributed by atoms with Gasteiger partial charge in [-0.05, 0) is 25.9 Å². The van der Waals surface area contributed by atoms with E-state index in [1.165, 1.54) is 19.3 Å². The summed E-state index contributed by atoms with van der Waals surface area (Å²) in [7, 11) is -3.63. The van der Waals surface area contributed by atoms with Gasteiger partial charge in [-0.2, -0.15) is 9.97 Å². The molecule has 0 atom stereocenters. The summed E-state index contributed by atoms with van der Waals surface area (Å²) in [5.41, 5.74) is 0.536. The van der Waals surface area contributed by atoms with Crippen molar-refractivity contribution in [2.75, 3.05) is 82.5 Å². The van der Waals surface area contributed by atoms with Gasteiger partial charge in [0.05, 0.1) is 13.2 Å². The van der Waals surface area contributed by atoms with Gasteiger partial charge in [0, 0.05) is 45.5 Å². The molecule has 2 saturated heterocycles. The van der Waals surface area contributed by atoms with E-state index in [1.54, 1.807) is 0 Å². The van der Waals surface area contributed by atoms with Crippen molar-refractivity contribution >= 4 is 44.2 Å². The Labute approximate surface area is 199 Å². The number of anilines is 2. The number of ether oxygens (including phenoxy) is 1. The van der Waals surface area contributed by atoms with Crippen molar-refractivity contribution in [3.63, 3.8) is 0 Å². The first-order valence-corrected chi connectivity index (χ1v) is 13.6. The van der Waals surface area contributed by atoms with E-state index in [0.29, 0.717) is 30.2 Å². The number of aromatic nitrogens is 4. The van der Waals surface area contributed by atoms with Crippen LogP contribution in [0.5, 0.6) is 0 Å². The number of hydrogen-bond donors (Lipinski definition) is 2. The molecule has 0 radical (unpaired) electrons. The highest BCUT2D eigenvalue weighted by Crippen LogP contribution is 2.25. The Bertz CT molecular complexity index is 1060. The Morgan fingerprint density at radius 2 is 1.52 bits per heavy atom.